The minimum atomic E-state index is -3.30. The second kappa shape index (κ2) is 5.43. The number of carboxylic acid groups (broad SMARTS) is 1. The van der Waals surface area contributed by atoms with Crippen LogP contribution in [0.1, 0.15) is 29.2 Å². The fourth-order valence-corrected chi connectivity index (χ4v) is 3.38. The highest BCUT2D eigenvalue weighted by Crippen LogP contribution is 2.22. The van der Waals surface area contributed by atoms with Crippen molar-refractivity contribution in [3.8, 4) is 0 Å². The molecule has 0 spiro atoms. The predicted octanol–water partition coefficient (Wildman–Crippen LogP) is 0.889. The van der Waals surface area contributed by atoms with Gasteiger partial charge in [0, 0.05) is 12.1 Å². The van der Waals surface area contributed by atoms with Crippen LogP contribution in [0.5, 0.6) is 0 Å². The fraction of sp³-hybridized carbons (Fsp3) is 0.600. The summed E-state index contributed by atoms with van der Waals surface area (Å²) >= 11 is 1.03. The molecule has 0 aliphatic rings. The maximum Gasteiger partial charge on any atom is 0.347 e. The molecule has 0 amide bonds. The minimum absolute atomic E-state index is 0.177. The Kier molecular flexibility index (Phi) is 4.54. The first-order chi connectivity index (χ1) is 8.50. The molecule has 0 radical (unpaired) electrons. The van der Waals surface area contributed by atoms with Crippen molar-refractivity contribution in [2.75, 3.05) is 18.1 Å². The molecule has 0 bridgehead atoms. The topological polar surface area (TPSA) is 108 Å². The number of sulfonamides is 1. The maximum absolute atomic E-state index is 11.2. The Balaban J connectivity index is 2.72. The molecule has 0 aliphatic heterocycles. The van der Waals surface area contributed by atoms with Crippen molar-refractivity contribution in [1.29, 1.82) is 0 Å². The summed E-state index contributed by atoms with van der Waals surface area (Å²) in [7, 11) is -3.30. The molecule has 0 saturated heterocycles. The summed E-state index contributed by atoms with van der Waals surface area (Å²) in [4.78, 5) is 15.1. The average molecular weight is 307 g/mol. The molecule has 1 heterocycles. The van der Waals surface area contributed by atoms with Gasteiger partial charge in [-0.2, -0.15) is 0 Å². The highest BCUT2D eigenvalue weighted by atomic mass is 32.2. The van der Waals surface area contributed by atoms with Crippen LogP contribution in [0.25, 0.3) is 0 Å². The van der Waals surface area contributed by atoms with E-state index in [1.165, 1.54) is 0 Å². The molecule has 3 N–H and O–H groups in total. The van der Waals surface area contributed by atoms with Gasteiger partial charge in [0.15, 0.2) is 5.13 Å². The normalized spacial score (nSPS) is 12.4. The standard InChI is InChI=1S/C10H17N3O4S2/c1-6-7(8(14)15)18-9(12-6)11-5-10(2,3)13-19(4,16)17/h13H,5H2,1-4H3,(H,11,12)(H,14,15). The Bertz CT molecular complexity index is 578. The van der Waals surface area contributed by atoms with Crippen LogP contribution in [0.3, 0.4) is 0 Å². The van der Waals surface area contributed by atoms with Crippen molar-refractivity contribution < 1.29 is 18.3 Å². The first kappa shape index (κ1) is 15.9. The van der Waals surface area contributed by atoms with Crippen molar-refractivity contribution in [3.05, 3.63) is 10.6 Å². The van der Waals surface area contributed by atoms with Gasteiger partial charge in [-0.05, 0) is 20.8 Å². The number of rotatable bonds is 6. The van der Waals surface area contributed by atoms with Gasteiger partial charge in [-0.25, -0.2) is 22.9 Å². The lowest BCUT2D eigenvalue weighted by molar-refractivity contribution is 0.0701. The molecule has 108 valence electrons. The van der Waals surface area contributed by atoms with E-state index in [0.717, 1.165) is 17.6 Å². The van der Waals surface area contributed by atoms with E-state index in [4.69, 9.17) is 5.11 Å². The lowest BCUT2D eigenvalue weighted by Crippen LogP contribution is -2.47. The number of anilines is 1. The lowest BCUT2D eigenvalue weighted by Gasteiger charge is -2.25. The quantitative estimate of drug-likeness (QED) is 0.720. The van der Waals surface area contributed by atoms with Gasteiger partial charge in [-0.3, -0.25) is 0 Å². The van der Waals surface area contributed by atoms with Gasteiger partial charge in [-0.15, -0.1) is 0 Å². The van der Waals surface area contributed by atoms with E-state index in [1.54, 1.807) is 20.8 Å². The van der Waals surface area contributed by atoms with Crippen molar-refractivity contribution in [2.24, 2.45) is 0 Å². The van der Waals surface area contributed by atoms with Crippen LogP contribution < -0.4 is 10.0 Å². The van der Waals surface area contributed by atoms with Crippen molar-refractivity contribution in [2.45, 2.75) is 26.3 Å². The summed E-state index contributed by atoms with van der Waals surface area (Å²) in [6.07, 6.45) is 1.09. The van der Waals surface area contributed by atoms with E-state index in [9.17, 15) is 13.2 Å². The zero-order valence-electron chi connectivity index (χ0n) is 11.1. The van der Waals surface area contributed by atoms with E-state index in [-0.39, 0.29) is 4.88 Å². The fourth-order valence-electron chi connectivity index (χ4n) is 1.51. The molecule has 9 heteroatoms. The zero-order chi connectivity index (χ0) is 14.8. The van der Waals surface area contributed by atoms with Crippen molar-refractivity contribution in [3.63, 3.8) is 0 Å². The Morgan fingerprint density at radius 1 is 1.47 bits per heavy atom. The van der Waals surface area contributed by atoms with E-state index in [1.807, 2.05) is 0 Å². The molecule has 0 unspecified atom stereocenters. The van der Waals surface area contributed by atoms with Gasteiger partial charge in [0.1, 0.15) is 4.88 Å². The highest BCUT2D eigenvalue weighted by Gasteiger charge is 2.23. The molecule has 0 aromatic carbocycles. The van der Waals surface area contributed by atoms with Crippen molar-refractivity contribution in [1.82, 2.24) is 9.71 Å². The Morgan fingerprint density at radius 3 is 2.47 bits per heavy atom. The predicted molar refractivity (Wildman–Crippen MR) is 74.4 cm³/mol. The molecule has 1 aromatic heterocycles. The molecular weight excluding hydrogens is 290 g/mol. The Morgan fingerprint density at radius 2 is 2.05 bits per heavy atom. The number of aromatic nitrogens is 1. The number of thiazole rings is 1. The zero-order valence-corrected chi connectivity index (χ0v) is 12.8. The second-order valence-corrected chi connectivity index (χ2v) is 7.60. The summed E-state index contributed by atoms with van der Waals surface area (Å²) in [5.41, 5.74) is -0.259. The lowest BCUT2D eigenvalue weighted by atomic mass is 10.1. The number of nitrogens with zero attached hydrogens (tertiary/aromatic N) is 1. The second-order valence-electron chi connectivity index (χ2n) is 4.85. The number of hydrogen-bond donors (Lipinski definition) is 3. The Labute approximate surface area is 116 Å². The largest absolute Gasteiger partial charge is 0.477 e. The summed E-state index contributed by atoms with van der Waals surface area (Å²) in [5.74, 6) is -1.02. The van der Waals surface area contributed by atoms with Crippen LogP contribution in [-0.2, 0) is 10.0 Å². The van der Waals surface area contributed by atoms with Crippen LogP contribution in [-0.4, -0.2) is 42.8 Å². The third-order valence-electron chi connectivity index (χ3n) is 2.13. The van der Waals surface area contributed by atoms with Crippen LogP contribution in [0.4, 0.5) is 5.13 Å². The number of hydrogen-bond acceptors (Lipinski definition) is 6. The summed E-state index contributed by atoms with van der Waals surface area (Å²) in [6, 6.07) is 0. The van der Waals surface area contributed by atoms with Gasteiger partial charge in [0.05, 0.1) is 11.9 Å². The van der Waals surface area contributed by atoms with Gasteiger partial charge >= 0.3 is 5.97 Å². The number of nitrogens with one attached hydrogen (secondary N) is 2. The minimum Gasteiger partial charge on any atom is -0.477 e. The van der Waals surface area contributed by atoms with E-state index in [0.29, 0.717) is 17.4 Å². The van der Waals surface area contributed by atoms with Crippen LogP contribution >= 0.6 is 11.3 Å². The Hall–Kier alpha value is -1.19. The first-order valence-electron chi connectivity index (χ1n) is 5.44. The smallest absolute Gasteiger partial charge is 0.347 e. The monoisotopic (exact) mass is 307 g/mol. The van der Waals surface area contributed by atoms with Gasteiger partial charge in [-0.1, -0.05) is 11.3 Å². The van der Waals surface area contributed by atoms with Crippen LogP contribution in [0, 0.1) is 6.92 Å². The number of carbonyl (C=O) groups is 1. The molecule has 0 atom stereocenters. The molecule has 1 rings (SSSR count). The van der Waals surface area contributed by atoms with E-state index >= 15 is 0 Å². The number of aryl methyl sites for hydroxylation is 1. The van der Waals surface area contributed by atoms with Crippen LogP contribution in [0.2, 0.25) is 0 Å². The third kappa shape index (κ3) is 5.13. The summed E-state index contributed by atoms with van der Waals surface area (Å²) in [6.45, 7) is 5.36. The molecule has 7 nitrogen and oxygen atoms in total. The molecule has 19 heavy (non-hydrogen) atoms. The third-order valence-corrected chi connectivity index (χ3v) is 4.16. The van der Waals surface area contributed by atoms with E-state index < -0.39 is 21.5 Å². The first-order valence-corrected chi connectivity index (χ1v) is 8.14. The molecule has 0 saturated carbocycles. The maximum atomic E-state index is 11.2. The van der Waals surface area contributed by atoms with E-state index in [2.05, 4.69) is 15.0 Å². The van der Waals surface area contributed by atoms with Gasteiger partial charge < -0.3 is 10.4 Å². The average Bonchev–Trinajstić information content (AvgIpc) is 2.53. The van der Waals surface area contributed by atoms with Gasteiger partial charge in [0.2, 0.25) is 10.0 Å². The molecule has 0 fully saturated rings. The van der Waals surface area contributed by atoms with Crippen molar-refractivity contribution >= 4 is 32.5 Å². The summed E-state index contributed by atoms with van der Waals surface area (Å²) in [5, 5.41) is 12.3. The summed E-state index contributed by atoms with van der Waals surface area (Å²) < 4.78 is 24.8. The highest BCUT2D eigenvalue weighted by molar-refractivity contribution is 7.88. The number of carboxylic acids is 1. The molecule has 0 aliphatic carbocycles. The number of aromatic carboxylic acids is 1. The SMILES string of the molecule is Cc1nc(NCC(C)(C)NS(C)(=O)=O)sc1C(=O)O. The molecular formula is C10H17N3O4S2. The molecule has 1 aromatic rings. The van der Waals surface area contributed by atoms with Gasteiger partial charge in [0.25, 0.3) is 0 Å². The van der Waals surface area contributed by atoms with Crippen LogP contribution in [0.15, 0.2) is 0 Å².